The minimum atomic E-state index is 0.229. The van der Waals surface area contributed by atoms with Crippen LogP contribution in [0.15, 0.2) is 0 Å². The Kier molecular flexibility index (Phi) is 6.61. The Morgan fingerprint density at radius 1 is 1.33 bits per heavy atom. The number of nitrogens with one attached hydrogen (secondary N) is 1. The van der Waals surface area contributed by atoms with Crippen LogP contribution in [0, 0.1) is 11.3 Å². The third-order valence-corrected chi connectivity index (χ3v) is 3.41. The highest BCUT2D eigenvalue weighted by atomic mass is 16.5. The molecule has 0 spiro atoms. The van der Waals surface area contributed by atoms with E-state index >= 15 is 0 Å². The third-order valence-electron chi connectivity index (χ3n) is 3.41. The average molecular weight is 256 g/mol. The molecular formula is C15H32N2O. The number of rotatable bonds is 10. The van der Waals surface area contributed by atoms with E-state index in [4.69, 9.17) is 4.74 Å². The van der Waals surface area contributed by atoms with E-state index in [1.54, 1.807) is 0 Å². The van der Waals surface area contributed by atoms with Crippen LogP contribution >= 0.6 is 0 Å². The summed E-state index contributed by atoms with van der Waals surface area (Å²) < 4.78 is 5.82. The van der Waals surface area contributed by atoms with Gasteiger partial charge in [-0.3, -0.25) is 0 Å². The van der Waals surface area contributed by atoms with E-state index in [1.165, 1.54) is 12.8 Å². The Morgan fingerprint density at radius 3 is 2.56 bits per heavy atom. The third kappa shape index (κ3) is 7.34. The first-order valence-electron chi connectivity index (χ1n) is 7.39. The Morgan fingerprint density at radius 2 is 2.00 bits per heavy atom. The lowest BCUT2D eigenvalue weighted by molar-refractivity contribution is 0.0497. The van der Waals surface area contributed by atoms with Crippen LogP contribution in [0.4, 0.5) is 0 Å². The van der Waals surface area contributed by atoms with E-state index < -0.39 is 0 Å². The van der Waals surface area contributed by atoms with Gasteiger partial charge in [0, 0.05) is 24.5 Å². The molecule has 18 heavy (non-hydrogen) atoms. The fourth-order valence-electron chi connectivity index (χ4n) is 2.01. The molecule has 1 fully saturated rings. The lowest BCUT2D eigenvalue weighted by atomic mass is 9.94. The van der Waals surface area contributed by atoms with Crippen LogP contribution in [0.1, 0.15) is 40.5 Å². The van der Waals surface area contributed by atoms with Crippen LogP contribution in [-0.2, 0) is 4.74 Å². The molecule has 1 N–H and O–H groups in total. The zero-order valence-electron chi connectivity index (χ0n) is 13.0. The van der Waals surface area contributed by atoms with E-state index in [0.29, 0.717) is 5.92 Å². The lowest BCUT2D eigenvalue weighted by Gasteiger charge is -2.26. The van der Waals surface area contributed by atoms with Crippen molar-refractivity contribution in [2.24, 2.45) is 11.3 Å². The van der Waals surface area contributed by atoms with Gasteiger partial charge in [0.1, 0.15) is 0 Å². The minimum absolute atomic E-state index is 0.229. The second-order valence-corrected chi connectivity index (χ2v) is 6.95. The predicted octanol–water partition coefficient (Wildman–Crippen LogP) is 2.37. The molecule has 1 aliphatic rings. The Hall–Kier alpha value is -0.120. The Bertz CT molecular complexity index is 225. The second kappa shape index (κ2) is 7.46. The fraction of sp³-hybridized carbons (Fsp3) is 1.00. The van der Waals surface area contributed by atoms with Crippen LogP contribution < -0.4 is 5.32 Å². The maximum atomic E-state index is 5.82. The highest BCUT2D eigenvalue weighted by molar-refractivity contribution is 4.82. The lowest BCUT2D eigenvalue weighted by Crippen LogP contribution is -2.36. The molecule has 0 heterocycles. The first kappa shape index (κ1) is 15.9. The van der Waals surface area contributed by atoms with Crippen LogP contribution in [0.3, 0.4) is 0 Å². The molecule has 0 aromatic heterocycles. The molecule has 3 heteroatoms. The molecule has 0 bridgehead atoms. The summed E-state index contributed by atoms with van der Waals surface area (Å²) in [4.78, 5) is 2.42. The van der Waals surface area contributed by atoms with Gasteiger partial charge in [-0.15, -0.1) is 0 Å². The summed E-state index contributed by atoms with van der Waals surface area (Å²) >= 11 is 0. The molecule has 0 saturated heterocycles. The summed E-state index contributed by atoms with van der Waals surface area (Å²) in [7, 11) is 2.20. The molecule has 0 aliphatic heterocycles. The highest BCUT2D eigenvalue weighted by Gasteiger charge is 2.25. The van der Waals surface area contributed by atoms with Crippen molar-refractivity contribution in [3.63, 3.8) is 0 Å². The van der Waals surface area contributed by atoms with Gasteiger partial charge in [-0.05, 0) is 32.4 Å². The molecule has 0 aromatic rings. The molecule has 0 radical (unpaired) electrons. The van der Waals surface area contributed by atoms with Crippen molar-refractivity contribution in [3.05, 3.63) is 0 Å². The molecule has 108 valence electrons. The van der Waals surface area contributed by atoms with Crippen LogP contribution in [0.25, 0.3) is 0 Å². The Balaban J connectivity index is 2.01. The van der Waals surface area contributed by atoms with Gasteiger partial charge in [-0.25, -0.2) is 0 Å². The monoisotopic (exact) mass is 256 g/mol. The van der Waals surface area contributed by atoms with Crippen LogP contribution in [0.5, 0.6) is 0 Å². The summed E-state index contributed by atoms with van der Waals surface area (Å²) in [6.07, 6.45) is 2.75. The van der Waals surface area contributed by atoms with Crippen molar-refractivity contribution in [2.75, 3.05) is 39.9 Å². The van der Waals surface area contributed by atoms with Gasteiger partial charge in [0.2, 0.25) is 0 Å². The van der Waals surface area contributed by atoms with E-state index in [-0.39, 0.29) is 5.41 Å². The summed E-state index contributed by atoms with van der Waals surface area (Å²) in [5, 5.41) is 3.51. The van der Waals surface area contributed by atoms with Gasteiger partial charge in [-0.1, -0.05) is 27.7 Å². The molecular weight excluding hydrogens is 224 g/mol. The van der Waals surface area contributed by atoms with Crippen LogP contribution in [-0.4, -0.2) is 50.8 Å². The molecule has 0 amide bonds. The first-order chi connectivity index (χ1) is 8.41. The first-order valence-corrected chi connectivity index (χ1v) is 7.39. The van der Waals surface area contributed by atoms with Gasteiger partial charge >= 0.3 is 0 Å². The smallest absolute Gasteiger partial charge is 0.0593 e. The summed E-state index contributed by atoms with van der Waals surface area (Å²) in [6.45, 7) is 13.9. The van der Waals surface area contributed by atoms with Gasteiger partial charge in [0.05, 0.1) is 13.2 Å². The van der Waals surface area contributed by atoms with Gasteiger partial charge in [0.15, 0.2) is 0 Å². The van der Waals surface area contributed by atoms with Crippen molar-refractivity contribution in [3.8, 4) is 0 Å². The SMILES string of the molecule is CC(C)CNCC(C)(C)COCCN(C)C1CC1. The van der Waals surface area contributed by atoms with Crippen molar-refractivity contribution in [1.29, 1.82) is 0 Å². The summed E-state index contributed by atoms with van der Waals surface area (Å²) in [5.74, 6) is 0.717. The molecule has 0 aromatic carbocycles. The second-order valence-electron chi connectivity index (χ2n) is 6.95. The summed E-state index contributed by atoms with van der Waals surface area (Å²) in [5.41, 5.74) is 0.229. The van der Waals surface area contributed by atoms with Gasteiger partial charge in [-0.2, -0.15) is 0 Å². The topological polar surface area (TPSA) is 24.5 Å². The molecule has 1 saturated carbocycles. The standard InChI is InChI=1S/C15H32N2O/c1-13(2)10-16-11-15(3,4)12-18-9-8-17(5)14-6-7-14/h13-14,16H,6-12H2,1-5H3. The van der Waals surface area contributed by atoms with Gasteiger partial charge in [0.25, 0.3) is 0 Å². The van der Waals surface area contributed by atoms with Crippen molar-refractivity contribution < 1.29 is 4.74 Å². The predicted molar refractivity (Wildman–Crippen MR) is 78.0 cm³/mol. The normalized spacial score (nSPS) is 16.8. The Labute approximate surface area is 113 Å². The van der Waals surface area contributed by atoms with Gasteiger partial charge < -0.3 is 15.0 Å². The van der Waals surface area contributed by atoms with E-state index in [1.807, 2.05) is 0 Å². The summed E-state index contributed by atoms with van der Waals surface area (Å²) in [6, 6.07) is 0.842. The van der Waals surface area contributed by atoms with Crippen molar-refractivity contribution >= 4 is 0 Å². The quantitative estimate of drug-likeness (QED) is 0.607. The maximum Gasteiger partial charge on any atom is 0.0593 e. The highest BCUT2D eigenvalue weighted by Crippen LogP contribution is 2.24. The fourth-order valence-corrected chi connectivity index (χ4v) is 2.01. The average Bonchev–Trinajstić information content (AvgIpc) is 3.06. The molecule has 1 rings (SSSR count). The molecule has 3 nitrogen and oxygen atoms in total. The van der Waals surface area contributed by atoms with E-state index in [2.05, 4.69) is 45.0 Å². The van der Waals surface area contributed by atoms with E-state index in [9.17, 15) is 0 Å². The van der Waals surface area contributed by atoms with Crippen LogP contribution in [0.2, 0.25) is 0 Å². The van der Waals surface area contributed by atoms with Crippen molar-refractivity contribution in [1.82, 2.24) is 10.2 Å². The minimum Gasteiger partial charge on any atom is -0.380 e. The largest absolute Gasteiger partial charge is 0.380 e. The molecule has 0 unspecified atom stereocenters. The number of ether oxygens (including phenoxy) is 1. The molecule has 0 atom stereocenters. The number of hydrogen-bond donors (Lipinski definition) is 1. The number of likely N-dealkylation sites (N-methyl/N-ethyl adjacent to an activating group) is 1. The number of hydrogen-bond acceptors (Lipinski definition) is 3. The maximum absolute atomic E-state index is 5.82. The zero-order valence-corrected chi connectivity index (χ0v) is 13.0. The van der Waals surface area contributed by atoms with Crippen molar-refractivity contribution in [2.45, 2.75) is 46.6 Å². The number of nitrogens with zero attached hydrogens (tertiary/aromatic N) is 1. The van der Waals surface area contributed by atoms with E-state index in [0.717, 1.165) is 38.9 Å². The molecule has 1 aliphatic carbocycles. The zero-order chi connectivity index (χ0) is 13.6.